The first kappa shape index (κ1) is 21.3. The van der Waals surface area contributed by atoms with Crippen LogP contribution >= 0.6 is 27.3 Å². The van der Waals surface area contributed by atoms with E-state index in [1.807, 2.05) is 36.6 Å². The van der Waals surface area contributed by atoms with Gasteiger partial charge in [0, 0.05) is 34.5 Å². The van der Waals surface area contributed by atoms with Crippen molar-refractivity contribution in [2.75, 3.05) is 22.1 Å². The Morgan fingerprint density at radius 2 is 1.77 bits per heavy atom. The van der Waals surface area contributed by atoms with Crippen molar-refractivity contribution in [2.24, 2.45) is 5.92 Å². The van der Waals surface area contributed by atoms with Crippen LogP contribution in [0.25, 0.3) is 0 Å². The molecule has 0 spiro atoms. The third kappa shape index (κ3) is 4.86. The van der Waals surface area contributed by atoms with Gasteiger partial charge in [0.1, 0.15) is 0 Å². The van der Waals surface area contributed by atoms with Crippen molar-refractivity contribution in [1.29, 1.82) is 0 Å². The molecule has 1 aliphatic rings. The molecule has 158 valence electrons. The fraction of sp³-hybridized carbons (Fsp3) is 0.174. The van der Waals surface area contributed by atoms with E-state index < -0.39 is 5.92 Å². The molecule has 2 N–H and O–H groups in total. The molecule has 3 amide bonds. The molecule has 1 unspecified atom stereocenters. The summed E-state index contributed by atoms with van der Waals surface area (Å²) in [6.45, 7) is 2.31. The van der Waals surface area contributed by atoms with Gasteiger partial charge in [-0.2, -0.15) is 0 Å². The molecule has 4 rings (SSSR count). The molecule has 1 atom stereocenters. The van der Waals surface area contributed by atoms with Crippen LogP contribution in [0.1, 0.15) is 21.7 Å². The highest BCUT2D eigenvalue weighted by molar-refractivity contribution is 9.10. The molecule has 0 radical (unpaired) electrons. The lowest BCUT2D eigenvalue weighted by Gasteiger charge is -2.18. The van der Waals surface area contributed by atoms with Crippen molar-refractivity contribution in [3.63, 3.8) is 0 Å². The number of carbonyl (C=O) groups is 3. The monoisotopic (exact) mass is 497 g/mol. The second-order valence-corrected chi connectivity index (χ2v) is 9.14. The average Bonchev–Trinajstić information content (AvgIpc) is 3.42. The number of halogens is 1. The summed E-state index contributed by atoms with van der Waals surface area (Å²) in [5.41, 5.74) is 3.09. The normalized spacial score (nSPS) is 15.7. The molecule has 3 aromatic rings. The third-order valence-corrected chi connectivity index (χ3v) is 6.86. The zero-order valence-electron chi connectivity index (χ0n) is 16.7. The molecule has 1 saturated heterocycles. The smallest absolute Gasteiger partial charge is 0.265 e. The zero-order valence-corrected chi connectivity index (χ0v) is 19.1. The maximum atomic E-state index is 12.7. The highest BCUT2D eigenvalue weighted by Gasteiger charge is 2.35. The van der Waals surface area contributed by atoms with E-state index >= 15 is 0 Å². The van der Waals surface area contributed by atoms with Crippen LogP contribution in [-0.2, 0) is 9.59 Å². The Hall–Kier alpha value is -2.97. The highest BCUT2D eigenvalue weighted by atomic mass is 79.9. The number of benzene rings is 2. The molecule has 2 heterocycles. The predicted molar refractivity (Wildman–Crippen MR) is 127 cm³/mol. The van der Waals surface area contributed by atoms with Gasteiger partial charge >= 0.3 is 0 Å². The molecule has 2 aromatic carbocycles. The van der Waals surface area contributed by atoms with Crippen molar-refractivity contribution in [3.8, 4) is 0 Å². The zero-order chi connectivity index (χ0) is 22.0. The number of hydrogen-bond donors (Lipinski definition) is 2. The van der Waals surface area contributed by atoms with Gasteiger partial charge in [-0.05, 0) is 66.4 Å². The minimum atomic E-state index is -0.422. The topological polar surface area (TPSA) is 78.5 Å². The highest BCUT2D eigenvalue weighted by Crippen LogP contribution is 2.29. The lowest BCUT2D eigenvalue weighted by atomic mass is 10.1. The first-order valence-corrected chi connectivity index (χ1v) is 11.4. The number of aryl methyl sites for hydroxylation is 1. The quantitative estimate of drug-likeness (QED) is 0.516. The van der Waals surface area contributed by atoms with Crippen LogP contribution in [-0.4, -0.2) is 24.3 Å². The van der Waals surface area contributed by atoms with E-state index in [2.05, 4.69) is 26.6 Å². The Kier molecular flexibility index (Phi) is 6.20. The van der Waals surface area contributed by atoms with Crippen LogP contribution in [0.2, 0.25) is 0 Å². The summed E-state index contributed by atoms with van der Waals surface area (Å²) in [5, 5.41) is 7.54. The standard InChI is InChI=1S/C23H20BrN3O3S/c1-14-11-18(8-9-19(14)24)27-13-15(12-21(27)28)22(29)25-16-4-6-17(7-5-16)26-23(30)20-3-2-10-31-20/h2-11,15H,12-13H2,1H3,(H,25,29)(H,26,30). The Morgan fingerprint density at radius 3 is 2.42 bits per heavy atom. The molecule has 1 aromatic heterocycles. The van der Waals surface area contributed by atoms with Gasteiger partial charge < -0.3 is 15.5 Å². The van der Waals surface area contributed by atoms with Crippen molar-refractivity contribution >= 4 is 62.1 Å². The van der Waals surface area contributed by atoms with Gasteiger partial charge in [0.25, 0.3) is 5.91 Å². The SMILES string of the molecule is Cc1cc(N2CC(C(=O)Nc3ccc(NC(=O)c4cccs4)cc3)CC2=O)ccc1Br. The molecule has 6 nitrogen and oxygen atoms in total. The molecule has 1 fully saturated rings. The van der Waals surface area contributed by atoms with Crippen LogP contribution in [0.5, 0.6) is 0 Å². The second kappa shape index (κ2) is 9.03. The summed E-state index contributed by atoms with van der Waals surface area (Å²) in [7, 11) is 0. The summed E-state index contributed by atoms with van der Waals surface area (Å²) in [4.78, 5) is 39.6. The van der Waals surface area contributed by atoms with Gasteiger partial charge in [-0.15, -0.1) is 11.3 Å². The predicted octanol–water partition coefficient (Wildman–Crippen LogP) is 5.06. The Labute approximate surface area is 192 Å². The molecular weight excluding hydrogens is 478 g/mol. The summed E-state index contributed by atoms with van der Waals surface area (Å²) in [6, 6.07) is 16.2. The molecule has 0 saturated carbocycles. The lowest BCUT2D eigenvalue weighted by molar-refractivity contribution is -0.122. The molecule has 31 heavy (non-hydrogen) atoms. The van der Waals surface area contributed by atoms with Gasteiger partial charge in [-0.1, -0.05) is 22.0 Å². The number of anilines is 3. The average molecular weight is 498 g/mol. The summed E-state index contributed by atoms with van der Waals surface area (Å²) in [6.07, 6.45) is 0.176. The van der Waals surface area contributed by atoms with Gasteiger partial charge in [-0.25, -0.2) is 0 Å². The fourth-order valence-electron chi connectivity index (χ4n) is 3.41. The Morgan fingerprint density at radius 1 is 1.06 bits per heavy atom. The number of carbonyl (C=O) groups excluding carboxylic acids is 3. The van der Waals surface area contributed by atoms with Crippen LogP contribution in [0.3, 0.4) is 0 Å². The van der Waals surface area contributed by atoms with Crippen molar-refractivity contribution in [1.82, 2.24) is 0 Å². The summed E-state index contributed by atoms with van der Waals surface area (Å²) < 4.78 is 0.979. The second-order valence-electron chi connectivity index (χ2n) is 7.34. The number of hydrogen-bond acceptors (Lipinski definition) is 4. The van der Waals surface area contributed by atoms with Crippen molar-refractivity contribution in [3.05, 3.63) is 74.9 Å². The van der Waals surface area contributed by atoms with Gasteiger partial charge in [0.2, 0.25) is 11.8 Å². The number of nitrogens with one attached hydrogen (secondary N) is 2. The minimum absolute atomic E-state index is 0.0616. The van der Waals surface area contributed by atoms with E-state index in [1.54, 1.807) is 35.2 Å². The molecule has 0 aliphatic carbocycles. The number of amides is 3. The fourth-order valence-corrected chi connectivity index (χ4v) is 4.28. The van der Waals surface area contributed by atoms with E-state index in [9.17, 15) is 14.4 Å². The van der Waals surface area contributed by atoms with Gasteiger partial charge in [0.15, 0.2) is 0 Å². The maximum Gasteiger partial charge on any atom is 0.265 e. The van der Waals surface area contributed by atoms with E-state index in [0.717, 1.165) is 15.7 Å². The molecule has 1 aliphatic heterocycles. The van der Waals surface area contributed by atoms with Gasteiger partial charge in [-0.3, -0.25) is 14.4 Å². The number of rotatable bonds is 5. The lowest BCUT2D eigenvalue weighted by Crippen LogP contribution is -2.28. The largest absolute Gasteiger partial charge is 0.326 e. The molecule has 8 heteroatoms. The van der Waals surface area contributed by atoms with Crippen LogP contribution in [0.15, 0.2) is 64.5 Å². The van der Waals surface area contributed by atoms with Crippen molar-refractivity contribution < 1.29 is 14.4 Å². The van der Waals surface area contributed by atoms with Crippen LogP contribution < -0.4 is 15.5 Å². The Balaban J connectivity index is 1.36. The Bertz CT molecular complexity index is 1130. The molecular formula is C23H20BrN3O3S. The van der Waals surface area contributed by atoms with E-state index in [-0.39, 0.29) is 24.1 Å². The number of nitrogens with zero attached hydrogens (tertiary/aromatic N) is 1. The van der Waals surface area contributed by atoms with Crippen LogP contribution in [0.4, 0.5) is 17.1 Å². The van der Waals surface area contributed by atoms with E-state index in [0.29, 0.717) is 22.8 Å². The first-order valence-electron chi connectivity index (χ1n) is 9.73. The summed E-state index contributed by atoms with van der Waals surface area (Å²) in [5.74, 6) is -0.845. The first-order chi connectivity index (χ1) is 14.9. The van der Waals surface area contributed by atoms with Gasteiger partial charge in [0.05, 0.1) is 10.8 Å². The maximum absolute atomic E-state index is 12.7. The molecule has 0 bridgehead atoms. The number of thiophene rings is 1. The van der Waals surface area contributed by atoms with E-state index in [4.69, 9.17) is 0 Å². The van der Waals surface area contributed by atoms with E-state index in [1.165, 1.54) is 11.3 Å². The minimum Gasteiger partial charge on any atom is -0.326 e. The van der Waals surface area contributed by atoms with Crippen molar-refractivity contribution in [2.45, 2.75) is 13.3 Å². The van der Waals surface area contributed by atoms with Crippen LogP contribution in [0, 0.1) is 12.8 Å². The third-order valence-electron chi connectivity index (χ3n) is 5.10. The summed E-state index contributed by atoms with van der Waals surface area (Å²) >= 11 is 4.84.